The number of aromatic carboxylic acids is 1. The lowest BCUT2D eigenvalue weighted by Crippen LogP contribution is -2.29. The van der Waals surface area contributed by atoms with E-state index in [2.05, 4.69) is 15.6 Å². The van der Waals surface area contributed by atoms with Crippen LogP contribution >= 0.6 is 0 Å². The Hall–Kier alpha value is -1.47. The summed E-state index contributed by atoms with van der Waals surface area (Å²) in [5, 5.41) is 27.8. The second-order valence-corrected chi connectivity index (χ2v) is 3.89. The smallest absolute Gasteiger partial charge is 0.358 e. The molecule has 1 aromatic heterocycles. The average molecular weight is 242 g/mol. The van der Waals surface area contributed by atoms with Crippen LogP contribution < -0.4 is 5.32 Å². The fraction of sp³-hybridized carbons (Fsp3) is 0.700. The number of carbonyl (C=O) groups is 1. The third kappa shape index (κ3) is 4.92. The van der Waals surface area contributed by atoms with E-state index >= 15 is 0 Å². The Morgan fingerprint density at radius 3 is 3.00 bits per heavy atom. The number of rotatable bonds is 8. The summed E-state index contributed by atoms with van der Waals surface area (Å²) in [6.45, 7) is 3.51. The molecule has 0 bridgehead atoms. The number of aliphatic hydroxyl groups excluding tert-OH is 1. The average Bonchev–Trinajstić information content (AvgIpc) is 2.75. The summed E-state index contributed by atoms with van der Waals surface area (Å²) in [5.41, 5.74) is -0.0432. The van der Waals surface area contributed by atoms with E-state index in [1.54, 1.807) is 0 Å². The van der Waals surface area contributed by atoms with Crippen LogP contribution in [0.5, 0.6) is 0 Å². The Morgan fingerprint density at radius 1 is 1.65 bits per heavy atom. The van der Waals surface area contributed by atoms with Gasteiger partial charge in [0.2, 0.25) is 0 Å². The number of aromatic nitrogens is 3. The number of nitrogens with one attached hydrogen (secondary N) is 1. The molecule has 1 heterocycles. The van der Waals surface area contributed by atoms with Crippen molar-refractivity contribution < 1.29 is 15.0 Å². The minimum atomic E-state index is -1.07. The van der Waals surface area contributed by atoms with Crippen LogP contribution in [0.3, 0.4) is 0 Å². The molecule has 0 aliphatic heterocycles. The van der Waals surface area contributed by atoms with E-state index in [0.717, 1.165) is 12.8 Å². The molecule has 0 saturated carbocycles. The molecule has 1 aromatic rings. The molecule has 1 unspecified atom stereocenters. The summed E-state index contributed by atoms with van der Waals surface area (Å²) in [4.78, 5) is 10.6. The molecule has 0 aliphatic carbocycles. The van der Waals surface area contributed by atoms with Gasteiger partial charge in [-0.1, -0.05) is 5.21 Å². The molecule has 0 radical (unpaired) electrons. The zero-order valence-corrected chi connectivity index (χ0v) is 9.83. The number of carboxylic acid groups (broad SMARTS) is 1. The van der Waals surface area contributed by atoms with E-state index in [-0.39, 0.29) is 12.3 Å². The molecule has 17 heavy (non-hydrogen) atoms. The van der Waals surface area contributed by atoms with Crippen molar-refractivity contribution in [3.63, 3.8) is 0 Å². The number of aliphatic hydroxyl groups is 1. The molecule has 0 aromatic carbocycles. The van der Waals surface area contributed by atoms with Crippen LogP contribution in [-0.2, 0) is 6.54 Å². The van der Waals surface area contributed by atoms with E-state index in [4.69, 9.17) is 10.2 Å². The van der Waals surface area contributed by atoms with E-state index in [0.29, 0.717) is 19.1 Å². The Morgan fingerprint density at radius 2 is 2.41 bits per heavy atom. The van der Waals surface area contributed by atoms with Crippen molar-refractivity contribution in [2.45, 2.75) is 32.4 Å². The highest BCUT2D eigenvalue weighted by molar-refractivity contribution is 5.84. The standard InChI is InChI=1S/C10H18N4O3/c1-8(3-2-6-15)11-4-5-14-7-9(10(16)17)12-13-14/h7-8,11,15H,2-6H2,1H3,(H,16,17). The minimum Gasteiger partial charge on any atom is -0.476 e. The number of carboxylic acids is 1. The van der Waals surface area contributed by atoms with Gasteiger partial charge >= 0.3 is 5.97 Å². The van der Waals surface area contributed by atoms with Crippen molar-refractivity contribution in [3.05, 3.63) is 11.9 Å². The summed E-state index contributed by atoms with van der Waals surface area (Å²) < 4.78 is 1.50. The zero-order valence-electron chi connectivity index (χ0n) is 9.83. The maximum atomic E-state index is 10.6. The maximum absolute atomic E-state index is 10.6. The SMILES string of the molecule is CC(CCCO)NCCn1cc(C(=O)O)nn1. The molecule has 7 nitrogen and oxygen atoms in total. The van der Waals surface area contributed by atoms with Gasteiger partial charge in [0.25, 0.3) is 0 Å². The van der Waals surface area contributed by atoms with E-state index in [9.17, 15) is 4.79 Å². The topological polar surface area (TPSA) is 100 Å². The third-order valence-electron chi connectivity index (χ3n) is 2.39. The minimum absolute atomic E-state index is 0.0432. The molecule has 0 spiro atoms. The van der Waals surface area contributed by atoms with Crippen LogP contribution in [0.1, 0.15) is 30.3 Å². The molecule has 7 heteroatoms. The van der Waals surface area contributed by atoms with Gasteiger partial charge in [-0.15, -0.1) is 5.10 Å². The second kappa shape index (κ2) is 6.97. The van der Waals surface area contributed by atoms with Gasteiger partial charge in [-0.25, -0.2) is 4.79 Å². The second-order valence-electron chi connectivity index (χ2n) is 3.89. The van der Waals surface area contributed by atoms with Gasteiger partial charge in [0.1, 0.15) is 0 Å². The van der Waals surface area contributed by atoms with Gasteiger partial charge in [0.15, 0.2) is 5.69 Å². The van der Waals surface area contributed by atoms with Crippen LogP contribution in [-0.4, -0.2) is 50.4 Å². The number of hydrogen-bond donors (Lipinski definition) is 3. The Labute approximate surface area is 99.4 Å². The van der Waals surface area contributed by atoms with Crippen molar-refractivity contribution in [1.29, 1.82) is 0 Å². The van der Waals surface area contributed by atoms with Crippen LogP contribution in [0.4, 0.5) is 0 Å². The predicted molar refractivity (Wildman–Crippen MR) is 60.8 cm³/mol. The van der Waals surface area contributed by atoms with Crippen molar-refractivity contribution >= 4 is 5.97 Å². The molecule has 1 atom stereocenters. The first-order valence-corrected chi connectivity index (χ1v) is 5.61. The van der Waals surface area contributed by atoms with Gasteiger partial charge in [-0.2, -0.15) is 0 Å². The first-order chi connectivity index (χ1) is 8.13. The van der Waals surface area contributed by atoms with Gasteiger partial charge in [-0.3, -0.25) is 4.68 Å². The van der Waals surface area contributed by atoms with Crippen LogP contribution in [0.2, 0.25) is 0 Å². The van der Waals surface area contributed by atoms with Crippen molar-refractivity contribution in [1.82, 2.24) is 20.3 Å². The highest BCUT2D eigenvalue weighted by Crippen LogP contribution is 1.95. The summed E-state index contributed by atoms with van der Waals surface area (Å²) >= 11 is 0. The lowest BCUT2D eigenvalue weighted by Gasteiger charge is -2.12. The number of nitrogens with zero attached hydrogens (tertiary/aromatic N) is 3. The zero-order chi connectivity index (χ0) is 12.7. The highest BCUT2D eigenvalue weighted by Gasteiger charge is 2.07. The highest BCUT2D eigenvalue weighted by atomic mass is 16.4. The first-order valence-electron chi connectivity index (χ1n) is 5.61. The lowest BCUT2D eigenvalue weighted by molar-refractivity contribution is 0.0690. The van der Waals surface area contributed by atoms with Gasteiger partial charge in [-0.05, 0) is 19.8 Å². The van der Waals surface area contributed by atoms with E-state index in [1.807, 2.05) is 6.92 Å². The van der Waals surface area contributed by atoms with Gasteiger partial charge < -0.3 is 15.5 Å². The molecule has 96 valence electrons. The van der Waals surface area contributed by atoms with Gasteiger partial charge in [0.05, 0.1) is 12.7 Å². The van der Waals surface area contributed by atoms with Crippen LogP contribution in [0.15, 0.2) is 6.20 Å². The quantitative estimate of drug-likeness (QED) is 0.580. The molecule has 0 aliphatic rings. The van der Waals surface area contributed by atoms with Crippen molar-refractivity contribution in [3.8, 4) is 0 Å². The van der Waals surface area contributed by atoms with Gasteiger partial charge in [0, 0.05) is 19.2 Å². The fourth-order valence-corrected chi connectivity index (χ4v) is 1.43. The third-order valence-corrected chi connectivity index (χ3v) is 2.39. The Kier molecular flexibility index (Phi) is 5.58. The molecule has 0 fully saturated rings. The summed E-state index contributed by atoms with van der Waals surface area (Å²) in [6, 6.07) is 0.324. The Balaban J connectivity index is 2.23. The summed E-state index contributed by atoms with van der Waals surface area (Å²) in [6.07, 6.45) is 3.09. The van der Waals surface area contributed by atoms with Crippen LogP contribution in [0, 0.1) is 0 Å². The molecular weight excluding hydrogens is 224 g/mol. The van der Waals surface area contributed by atoms with Crippen LogP contribution in [0.25, 0.3) is 0 Å². The molecule has 0 saturated heterocycles. The fourth-order valence-electron chi connectivity index (χ4n) is 1.43. The molecule has 1 rings (SSSR count). The maximum Gasteiger partial charge on any atom is 0.358 e. The van der Waals surface area contributed by atoms with E-state index in [1.165, 1.54) is 10.9 Å². The Bertz CT molecular complexity index is 353. The first kappa shape index (κ1) is 13.6. The summed E-state index contributed by atoms with van der Waals surface area (Å²) in [7, 11) is 0. The van der Waals surface area contributed by atoms with Crippen molar-refractivity contribution in [2.24, 2.45) is 0 Å². The largest absolute Gasteiger partial charge is 0.476 e. The summed E-state index contributed by atoms with van der Waals surface area (Å²) in [5.74, 6) is -1.07. The monoisotopic (exact) mass is 242 g/mol. The number of hydrogen-bond acceptors (Lipinski definition) is 5. The predicted octanol–water partition coefficient (Wildman–Crippen LogP) is -0.273. The normalized spacial score (nSPS) is 12.6. The molecule has 0 amide bonds. The molecule has 3 N–H and O–H groups in total. The molecular formula is C10H18N4O3. The lowest BCUT2D eigenvalue weighted by atomic mass is 10.2. The van der Waals surface area contributed by atoms with E-state index < -0.39 is 5.97 Å². The van der Waals surface area contributed by atoms with Crippen molar-refractivity contribution in [2.75, 3.05) is 13.2 Å².